The monoisotopic (exact) mass is 311 g/mol. The van der Waals surface area contributed by atoms with Gasteiger partial charge in [-0.25, -0.2) is 13.1 Å². The Kier molecular flexibility index (Phi) is 5.50. The lowest BCUT2D eigenvalue weighted by molar-refractivity contribution is 0.0981. The van der Waals surface area contributed by atoms with Crippen molar-refractivity contribution in [1.29, 1.82) is 0 Å². The Bertz CT molecular complexity index is 574. The summed E-state index contributed by atoms with van der Waals surface area (Å²) in [7, 11) is -3.54. The number of ketones is 1. The van der Waals surface area contributed by atoms with Crippen LogP contribution in [0, 0.1) is 0 Å². The summed E-state index contributed by atoms with van der Waals surface area (Å²) in [6, 6.07) is 6.08. The average Bonchev–Trinajstić information content (AvgIpc) is 2.99. The van der Waals surface area contributed by atoms with E-state index in [0.29, 0.717) is 25.1 Å². The molecular weight excluding hydrogens is 290 g/mol. The summed E-state index contributed by atoms with van der Waals surface area (Å²) in [5.41, 5.74) is 0.551. The van der Waals surface area contributed by atoms with Crippen LogP contribution in [0.2, 0.25) is 0 Å². The minimum absolute atomic E-state index is 0.0359. The molecule has 0 spiro atoms. The number of ether oxygens (including phenoxy) is 1. The molecule has 1 aromatic rings. The van der Waals surface area contributed by atoms with Crippen molar-refractivity contribution in [3.05, 3.63) is 29.8 Å². The van der Waals surface area contributed by atoms with Crippen LogP contribution in [-0.2, 0) is 14.8 Å². The van der Waals surface area contributed by atoms with Gasteiger partial charge in [-0.05, 0) is 31.4 Å². The standard InChI is InChI=1S/C15H21NO4S/c1-2-4-15(17)12-6-8-14(9-7-12)21(18,19)16-11-13-5-3-10-20-13/h6-9,13,16H,2-5,10-11H2,1H3. The lowest BCUT2D eigenvalue weighted by atomic mass is 10.1. The molecule has 1 aromatic carbocycles. The van der Waals surface area contributed by atoms with E-state index in [0.717, 1.165) is 19.3 Å². The second kappa shape index (κ2) is 7.15. The van der Waals surface area contributed by atoms with Crippen molar-refractivity contribution in [2.75, 3.05) is 13.2 Å². The van der Waals surface area contributed by atoms with Crippen molar-refractivity contribution in [1.82, 2.24) is 4.72 Å². The zero-order valence-corrected chi connectivity index (χ0v) is 13.0. The van der Waals surface area contributed by atoms with E-state index in [4.69, 9.17) is 4.74 Å². The summed E-state index contributed by atoms with van der Waals surface area (Å²) in [5.74, 6) is 0.0359. The summed E-state index contributed by atoms with van der Waals surface area (Å²) in [5, 5.41) is 0. The van der Waals surface area contributed by atoms with Gasteiger partial charge in [-0.3, -0.25) is 4.79 Å². The molecule has 6 heteroatoms. The van der Waals surface area contributed by atoms with Gasteiger partial charge in [0.15, 0.2) is 5.78 Å². The van der Waals surface area contributed by atoms with Crippen molar-refractivity contribution in [3.8, 4) is 0 Å². The van der Waals surface area contributed by atoms with Crippen LogP contribution in [0.3, 0.4) is 0 Å². The molecule has 1 unspecified atom stereocenters. The van der Waals surface area contributed by atoms with Gasteiger partial charge in [-0.15, -0.1) is 0 Å². The predicted octanol–water partition coefficient (Wildman–Crippen LogP) is 2.13. The largest absolute Gasteiger partial charge is 0.377 e. The van der Waals surface area contributed by atoms with Crippen molar-refractivity contribution in [2.45, 2.75) is 43.6 Å². The number of hydrogen-bond acceptors (Lipinski definition) is 4. The normalized spacial score (nSPS) is 18.8. The number of Topliss-reactive ketones (excluding diaryl/α,β-unsaturated/α-hetero) is 1. The maximum atomic E-state index is 12.1. The molecule has 0 radical (unpaired) electrons. The highest BCUT2D eigenvalue weighted by Crippen LogP contribution is 2.15. The Morgan fingerprint density at radius 1 is 1.33 bits per heavy atom. The summed E-state index contributed by atoms with van der Waals surface area (Å²) in [4.78, 5) is 11.9. The number of hydrogen-bond donors (Lipinski definition) is 1. The first-order valence-corrected chi connectivity index (χ1v) is 8.76. The lowest BCUT2D eigenvalue weighted by Crippen LogP contribution is -2.31. The first-order chi connectivity index (χ1) is 10.0. The lowest BCUT2D eigenvalue weighted by Gasteiger charge is -2.11. The van der Waals surface area contributed by atoms with Crippen LogP contribution in [-0.4, -0.2) is 33.5 Å². The molecule has 1 N–H and O–H groups in total. The molecule has 1 atom stereocenters. The molecule has 0 saturated carbocycles. The first-order valence-electron chi connectivity index (χ1n) is 7.27. The van der Waals surface area contributed by atoms with Gasteiger partial charge in [0, 0.05) is 25.1 Å². The number of rotatable bonds is 7. The van der Waals surface area contributed by atoms with Gasteiger partial charge in [0.25, 0.3) is 0 Å². The molecule has 0 amide bonds. The smallest absolute Gasteiger partial charge is 0.240 e. The second-order valence-corrected chi connectivity index (χ2v) is 6.95. The summed E-state index contributed by atoms with van der Waals surface area (Å²) >= 11 is 0. The highest BCUT2D eigenvalue weighted by atomic mass is 32.2. The number of carbonyl (C=O) groups is 1. The van der Waals surface area contributed by atoms with Gasteiger partial charge < -0.3 is 4.74 Å². The quantitative estimate of drug-likeness (QED) is 0.783. The van der Waals surface area contributed by atoms with Crippen LogP contribution in [0.25, 0.3) is 0 Å². The minimum Gasteiger partial charge on any atom is -0.377 e. The third-order valence-electron chi connectivity index (χ3n) is 3.49. The molecule has 0 bridgehead atoms. The first kappa shape index (κ1) is 16.1. The average molecular weight is 311 g/mol. The van der Waals surface area contributed by atoms with Crippen LogP contribution in [0.1, 0.15) is 43.0 Å². The SMILES string of the molecule is CCCC(=O)c1ccc(S(=O)(=O)NCC2CCCO2)cc1. The molecule has 1 aliphatic rings. The highest BCUT2D eigenvalue weighted by Gasteiger charge is 2.20. The fourth-order valence-corrected chi connectivity index (χ4v) is 3.35. The third-order valence-corrected chi connectivity index (χ3v) is 4.93. The molecule has 1 heterocycles. The van der Waals surface area contributed by atoms with Crippen molar-refractivity contribution >= 4 is 15.8 Å². The fraction of sp³-hybridized carbons (Fsp3) is 0.533. The minimum atomic E-state index is -3.54. The predicted molar refractivity (Wildman–Crippen MR) is 79.8 cm³/mol. The van der Waals surface area contributed by atoms with Crippen LogP contribution < -0.4 is 4.72 Å². The maximum absolute atomic E-state index is 12.1. The Morgan fingerprint density at radius 3 is 2.62 bits per heavy atom. The summed E-state index contributed by atoms with van der Waals surface area (Å²) < 4.78 is 32.2. The summed E-state index contributed by atoms with van der Waals surface area (Å²) in [6.45, 7) is 2.92. The van der Waals surface area contributed by atoms with Gasteiger partial charge in [0.2, 0.25) is 10.0 Å². The molecule has 1 aliphatic heterocycles. The number of sulfonamides is 1. The Balaban J connectivity index is 2.00. The van der Waals surface area contributed by atoms with Crippen LogP contribution in [0.15, 0.2) is 29.2 Å². The van der Waals surface area contributed by atoms with E-state index in [1.54, 1.807) is 12.1 Å². The summed E-state index contributed by atoms with van der Waals surface area (Å²) in [6.07, 6.45) is 3.07. The molecule has 21 heavy (non-hydrogen) atoms. The molecule has 0 aromatic heterocycles. The highest BCUT2D eigenvalue weighted by molar-refractivity contribution is 7.89. The van der Waals surface area contributed by atoms with Gasteiger partial charge in [0.1, 0.15) is 0 Å². The molecular formula is C15H21NO4S. The zero-order chi connectivity index (χ0) is 15.3. The van der Waals surface area contributed by atoms with E-state index in [-0.39, 0.29) is 16.8 Å². The molecule has 0 aliphatic carbocycles. The molecule has 2 rings (SSSR count). The van der Waals surface area contributed by atoms with Crippen LogP contribution >= 0.6 is 0 Å². The number of nitrogens with one attached hydrogen (secondary N) is 1. The Morgan fingerprint density at radius 2 is 2.05 bits per heavy atom. The maximum Gasteiger partial charge on any atom is 0.240 e. The third kappa shape index (κ3) is 4.36. The fourth-order valence-electron chi connectivity index (χ4n) is 2.28. The van der Waals surface area contributed by atoms with E-state index in [1.165, 1.54) is 12.1 Å². The van der Waals surface area contributed by atoms with Gasteiger partial charge in [0.05, 0.1) is 11.0 Å². The number of carbonyl (C=O) groups excluding carboxylic acids is 1. The van der Waals surface area contributed by atoms with Crippen LogP contribution in [0.5, 0.6) is 0 Å². The van der Waals surface area contributed by atoms with E-state index >= 15 is 0 Å². The van der Waals surface area contributed by atoms with Gasteiger partial charge >= 0.3 is 0 Å². The molecule has 5 nitrogen and oxygen atoms in total. The van der Waals surface area contributed by atoms with Gasteiger partial charge in [-0.2, -0.15) is 0 Å². The number of benzene rings is 1. The Labute approximate surface area is 125 Å². The van der Waals surface area contributed by atoms with E-state index in [2.05, 4.69) is 4.72 Å². The topological polar surface area (TPSA) is 72.5 Å². The van der Waals surface area contributed by atoms with E-state index in [1.807, 2.05) is 6.92 Å². The van der Waals surface area contributed by atoms with Crippen molar-refractivity contribution in [3.63, 3.8) is 0 Å². The second-order valence-electron chi connectivity index (χ2n) is 5.18. The van der Waals surface area contributed by atoms with E-state index < -0.39 is 10.0 Å². The molecule has 1 saturated heterocycles. The van der Waals surface area contributed by atoms with E-state index in [9.17, 15) is 13.2 Å². The van der Waals surface area contributed by atoms with Gasteiger partial charge in [-0.1, -0.05) is 19.1 Å². The van der Waals surface area contributed by atoms with Crippen molar-refractivity contribution < 1.29 is 17.9 Å². The van der Waals surface area contributed by atoms with Crippen LogP contribution in [0.4, 0.5) is 0 Å². The van der Waals surface area contributed by atoms with Crippen molar-refractivity contribution in [2.24, 2.45) is 0 Å². The Hall–Kier alpha value is -1.24. The molecule has 1 fully saturated rings. The zero-order valence-electron chi connectivity index (χ0n) is 12.2. The molecule has 116 valence electrons.